The molecule has 4 nitrogen and oxygen atoms in total. The van der Waals surface area contributed by atoms with Crippen LogP contribution in [-0.2, 0) is 16.9 Å². The highest BCUT2D eigenvalue weighted by Gasteiger charge is 2.49. The summed E-state index contributed by atoms with van der Waals surface area (Å²) < 4.78 is 33.4. The molecule has 6 heteroatoms. The molecule has 1 atom stereocenters. The molecule has 0 bridgehead atoms. The molecule has 0 amide bonds. The van der Waals surface area contributed by atoms with Gasteiger partial charge in [0.05, 0.1) is 19.3 Å². The summed E-state index contributed by atoms with van der Waals surface area (Å²) >= 11 is 0. The van der Waals surface area contributed by atoms with Gasteiger partial charge in [0.25, 0.3) is 0 Å². The highest BCUT2D eigenvalue weighted by atomic mass is 19.1. The SMILES string of the molecule is Fc1ccc(C2(Cn3ccnn3)CO2)c(F)c1. The molecule has 1 fully saturated rings. The van der Waals surface area contributed by atoms with Crippen LogP contribution in [0.4, 0.5) is 8.78 Å². The van der Waals surface area contributed by atoms with E-state index in [1.54, 1.807) is 10.9 Å². The number of benzene rings is 1. The molecule has 1 saturated heterocycles. The first kappa shape index (κ1) is 10.3. The molecule has 0 spiro atoms. The first-order valence-corrected chi connectivity index (χ1v) is 5.13. The van der Waals surface area contributed by atoms with Crippen molar-refractivity contribution in [1.29, 1.82) is 0 Å². The lowest BCUT2D eigenvalue weighted by atomic mass is 9.99. The predicted molar refractivity (Wildman–Crippen MR) is 54.0 cm³/mol. The zero-order valence-corrected chi connectivity index (χ0v) is 8.81. The van der Waals surface area contributed by atoms with E-state index >= 15 is 0 Å². The molecule has 1 aliphatic rings. The van der Waals surface area contributed by atoms with Gasteiger partial charge in [0.1, 0.15) is 17.2 Å². The lowest BCUT2D eigenvalue weighted by molar-refractivity contribution is 0.260. The molecule has 1 aromatic carbocycles. The molecule has 2 heterocycles. The Hall–Kier alpha value is -1.82. The summed E-state index contributed by atoms with van der Waals surface area (Å²) in [5.41, 5.74) is -0.375. The van der Waals surface area contributed by atoms with E-state index in [9.17, 15) is 8.78 Å². The summed E-state index contributed by atoms with van der Waals surface area (Å²) in [5, 5.41) is 7.47. The number of ether oxygens (including phenoxy) is 1. The minimum Gasteiger partial charge on any atom is -0.362 e. The van der Waals surface area contributed by atoms with Crippen LogP contribution in [-0.4, -0.2) is 21.6 Å². The second kappa shape index (κ2) is 3.59. The van der Waals surface area contributed by atoms with Gasteiger partial charge < -0.3 is 4.74 Å². The largest absolute Gasteiger partial charge is 0.362 e. The molecule has 0 radical (unpaired) electrons. The van der Waals surface area contributed by atoms with Gasteiger partial charge in [-0.3, -0.25) is 0 Å². The van der Waals surface area contributed by atoms with Gasteiger partial charge in [0.15, 0.2) is 0 Å². The van der Waals surface area contributed by atoms with Crippen LogP contribution in [0.5, 0.6) is 0 Å². The van der Waals surface area contributed by atoms with Gasteiger partial charge >= 0.3 is 0 Å². The average Bonchev–Trinajstić information content (AvgIpc) is 2.86. The van der Waals surface area contributed by atoms with Crippen LogP contribution in [0.15, 0.2) is 30.6 Å². The van der Waals surface area contributed by atoms with Crippen LogP contribution >= 0.6 is 0 Å². The Balaban J connectivity index is 1.92. The van der Waals surface area contributed by atoms with Gasteiger partial charge in [0, 0.05) is 17.8 Å². The summed E-state index contributed by atoms with van der Waals surface area (Å²) in [7, 11) is 0. The number of hydrogen-bond donors (Lipinski definition) is 0. The third-order valence-corrected chi connectivity index (χ3v) is 2.80. The summed E-state index contributed by atoms with van der Waals surface area (Å²) in [6, 6.07) is 3.50. The second-order valence-corrected chi connectivity index (χ2v) is 4.01. The lowest BCUT2D eigenvalue weighted by Gasteiger charge is -2.12. The summed E-state index contributed by atoms with van der Waals surface area (Å²) in [5.74, 6) is -1.19. The van der Waals surface area contributed by atoms with E-state index in [-0.39, 0.29) is 0 Å². The first-order valence-electron chi connectivity index (χ1n) is 5.13. The van der Waals surface area contributed by atoms with Crippen LogP contribution in [0.25, 0.3) is 0 Å². The van der Waals surface area contributed by atoms with Gasteiger partial charge in [-0.15, -0.1) is 5.10 Å². The second-order valence-electron chi connectivity index (χ2n) is 4.01. The Bertz CT molecular complexity index is 538. The minimum atomic E-state index is -0.731. The maximum atomic E-state index is 13.6. The molecule has 0 N–H and O–H groups in total. The smallest absolute Gasteiger partial charge is 0.139 e. The summed E-state index contributed by atoms with van der Waals surface area (Å²) in [4.78, 5) is 0. The third kappa shape index (κ3) is 1.80. The molecular weight excluding hydrogens is 228 g/mol. The highest BCUT2D eigenvalue weighted by molar-refractivity contribution is 5.28. The van der Waals surface area contributed by atoms with E-state index in [1.165, 1.54) is 18.3 Å². The quantitative estimate of drug-likeness (QED) is 0.759. The van der Waals surface area contributed by atoms with Crippen molar-refractivity contribution < 1.29 is 13.5 Å². The monoisotopic (exact) mass is 237 g/mol. The zero-order chi connectivity index (χ0) is 11.9. The lowest BCUT2D eigenvalue weighted by Crippen LogP contribution is -2.20. The molecule has 0 aliphatic carbocycles. The molecular formula is C11H9F2N3O. The molecule has 0 saturated carbocycles. The Morgan fingerprint density at radius 2 is 2.24 bits per heavy atom. The van der Waals surface area contributed by atoms with Crippen molar-refractivity contribution in [3.63, 3.8) is 0 Å². The van der Waals surface area contributed by atoms with Gasteiger partial charge in [-0.2, -0.15) is 0 Å². The van der Waals surface area contributed by atoms with Crippen molar-refractivity contribution in [1.82, 2.24) is 15.0 Å². The van der Waals surface area contributed by atoms with E-state index in [0.717, 1.165) is 6.07 Å². The number of nitrogens with zero attached hydrogens (tertiary/aromatic N) is 3. The molecule has 2 aromatic rings. The standard InChI is InChI=1S/C11H9F2N3O/c12-8-1-2-9(10(13)5-8)11(7-17-11)6-16-4-3-14-15-16/h1-5H,6-7H2. The fourth-order valence-electron chi connectivity index (χ4n) is 1.86. The van der Waals surface area contributed by atoms with E-state index in [1.807, 2.05) is 0 Å². The summed E-state index contributed by atoms with van der Waals surface area (Å²) in [6.45, 7) is 0.769. The number of halogens is 2. The van der Waals surface area contributed by atoms with E-state index < -0.39 is 17.2 Å². The molecule has 1 aromatic heterocycles. The molecule has 88 valence electrons. The van der Waals surface area contributed by atoms with Crippen molar-refractivity contribution in [3.05, 3.63) is 47.8 Å². The predicted octanol–water partition coefficient (Wildman–Crippen LogP) is 1.48. The van der Waals surface area contributed by atoms with Crippen molar-refractivity contribution in [2.45, 2.75) is 12.1 Å². The Morgan fingerprint density at radius 1 is 1.41 bits per heavy atom. The van der Waals surface area contributed by atoms with Crippen molar-refractivity contribution in [2.24, 2.45) is 0 Å². The minimum absolute atomic E-state index is 0.356. The Kier molecular flexibility index (Phi) is 2.19. The Morgan fingerprint density at radius 3 is 2.82 bits per heavy atom. The van der Waals surface area contributed by atoms with Gasteiger partial charge in [-0.05, 0) is 6.07 Å². The van der Waals surface area contributed by atoms with Gasteiger partial charge in [-0.1, -0.05) is 11.3 Å². The average molecular weight is 237 g/mol. The van der Waals surface area contributed by atoms with Crippen molar-refractivity contribution >= 4 is 0 Å². The fourth-order valence-corrected chi connectivity index (χ4v) is 1.86. The number of hydrogen-bond acceptors (Lipinski definition) is 3. The maximum absolute atomic E-state index is 13.6. The Labute approximate surface area is 95.8 Å². The summed E-state index contributed by atoms with van der Waals surface area (Å²) in [6.07, 6.45) is 3.21. The fraction of sp³-hybridized carbons (Fsp3) is 0.273. The van der Waals surface area contributed by atoms with Crippen LogP contribution in [0.3, 0.4) is 0 Å². The van der Waals surface area contributed by atoms with Gasteiger partial charge in [-0.25, -0.2) is 13.5 Å². The third-order valence-electron chi connectivity index (χ3n) is 2.80. The number of rotatable bonds is 3. The van der Waals surface area contributed by atoms with Crippen LogP contribution < -0.4 is 0 Å². The number of epoxide rings is 1. The van der Waals surface area contributed by atoms with E-state index in [0.29, 0.717) is 18.7 Å². The van der Waals surface area contributed by atoms with Crippen molar-refractivity contribution in [3.8, 4) is 0 Å². The molecule has 1 aliphatic heterocycles. The van der Waals surface area contributed by atoms with Crippen LogP contribution in [0, 0.1) is 11.6 Å². The van der Waals surface area contributed by atoms with E-state index in [4.69, 9.17) is 4.74 Å². The normalized spacial score (nSPS) is 22.7. The van der Waals surface area contributed by atoms with Crippen LogP contribution in [0.2, 0.25) is 0 Å². The van der Waals surface area contributed by atoms with Crippen LogP contribution in [0.1, 0.15) is 5.56 Å². The highest BCUT2D eigenvalue weighted by Crippen LogP contribution is 2.41. The number of aromatic nitrogens is 3. The first-order chi connectivity index (χ1) is 8.20. The van der Waals surface area contributed by atoms with Crippen molar-refractivity contribution in [2.75, 3.05) is 6.61 Å². The maximum Gasteiger partial charge on any atom is 0.139 e. The van der Waals surface area contributed by atoms with Gasteiger partial charge in [0.2, 0.25) is 0 Å². The molecule has 17 heavy (non-hydrogen) atoms. The molecule has 1 unspecified atom stereocenters. The topological polar surface area (TPSA) is 43.2 Å². The molecule has 3 rings (SSSR count). The zero-order valence-electron chi connectivity index (χ0n) is 8.81. The van der Waals surface area contributed by atoms with E-state index in [2.05, 4.69) is 10.3 Å².